The average Bonchev–Trinajstić information content (AvgIpc) is 3.32. The number of carbonyl (C=O) groups is 2. The van der Waals surface area contributed by atoms with E-state index in [1.165, 1.54) is 0 Å². The fourth-order valence-corrected chi connectivity index (χ4v) is 4.28. The topological polar surface area (TPSA) is 84.2 Å². The highest BCUT2D eigenvalue weighted by Gasteiger charge is 2.23. The number of hydrogen-bond acceptors (Lipinski definition) is 4. The first-order chi connectivity index (χ1) is 16.8. The molecule has 0 atom stereocenters. The SMILES string of the molecule is Cc1[nH]c(C(=O)OCc2ccccc2)c(C)c1Cc1c(C)[nH]c(C(=O)OCc2ccccc2)c1C. The van der Waals surface area contributed by atoms with Crippen molar-refractivity contribution in [3.05, 3.63) is 117 Å². The van der Waals surface area contributed by atoms with Crippen LogP contribution in [-0.2, 0) is 29.1 Å². The lowest BCUT2D eigenvalue weighted by Gasteiger charge is -2.07. The van der Waals surface area contributed by atoms with E-state index in [1.54, 1.807) is 0 Å². The molecule has 2 heterocycles. The minimum absolute atomic E-state index is 0.219. The van der Waals surface area contributed by atoms with Crippen LogP contribution in [0.25, 0.3) is 0 Å². The van der Waals surface area contributed by atoms with E-state index < -0.39 is 0 Å². The molecule has 4 aromatic rings. The highest BCUT2D eigenvalue weighted by atomic mass is 16.5. The second-order valence-electron chi connectivity index (χ2n) is 8.76. The van der Waals surface area contributed by atoms with E-state index in [1.807, 2.05) is 88.4 Å². The van der Waals surface area contributed by atoms with Gasteiger partial charge in [0.15, 0.2) is 0 Å². The van der Waals surface area contributed by atoms with Crippen molar-refractivity contribution in [2.45, 2.75) is 47.3 Å². The van der Waals surface area contributed by atoms with E-state index in [0.29, 0.717) is 17.8 Å². The van der Waals surface area contributed by atoms with Gasteiger partial charge < -0.3 is 19.4 Å². The summed E-state index contributed by atoms with van der Waals surface area (Å²) in [5.41, 5.74) is 8.35. The molecule has 180 valence electrons. The molecule has 0 unspecified atom stereocenters. The molecular weight excluding hydrogens is 440 g/mol. The Morgan fingerprint density at radius 3 is 1.37 bits per heavy atom. The minimum Gasteiger partial charge on any atom is -0.456 e. The molecular formula is C29H30N2O4. The largest absolute Gasteiger partial charge is 0.456 e. The Bertz CT molecular complexity index is 1230. The van der Waals surface area contributed by atoms with Crippen molar-refractivity contribution in [3.8, 4) is 0 Å². The maximum absolute atomic E-state index is 12.8. The van der Waals surface area contributed by atoms with Crippen LogP contribution in [0.5, 0.6) is 0 Å². The number of aromatic amines is 2. The van der Waals surface area contributed by atoms with Crippen LogP contribution < -0.4 is 0 Å². The lowest BCUT2D eigenvalue weighted by Crippen LogP contribution is -2.08. The molecule has 2 aromatic heterocycles. The first kappa shape index (κ1) is 24.1. The van der Waals surface area contributed by atoms with Gasteiger partial charge in [-0.15, -0.1) is 0 Å². The van der Waals surface area contributed by atoms with Crippen LogP contribution in [0.1, 0.15) is 65.7 Å². The Morgan fingerprint density at radius 2 is 1.00 bits per heavy atom. The normalized spacial score (nSPS) is 10.9. The Hall–Kier alpha value is -4.06. The zero-order valence-corrected chi connectivity index (χ0v) is 20.5. The van der Waals surface area contributed by atoms with Gasteiger partial charge in [-0.2, -0.15) is 0 Å². The summed E-state index contributed by atoms with van der Waals surface area (Å²) in [4.78, 5) is 31.9. The van der Waals surface area contributed by atoms with Gasteiger partial charge in [0.2, 0.25) is 0 Å². The van der Waals surface area contributed by atoms with Gasteiger partial charge in [-0.25, -0.2) is 9.59 Å². The molecule has 0 amide bonds. The monoisotopic (exact) mass is 470 g/mol. The molecule has 6 nitrogen and oxygen atoms in total. The molecule has 0 saturated heterocycles. The lowest BCUT2D eigenvalue weighted by molar-refractivity contribution is 0.0457. The van der Waals surface area contributed by atoms with E-state index in [0.717, 1.165) is 44.8 Å². The molecule has 0 saturated carbocycles. The quantitative estimate of drug-likeness (QED) is 0.315. The zero-order chi connectivity index (χ0) is 24.9. The van der Waals surface area contributed by atoms with Crippen molar-refractivity contribution in [2.24, 2.45) is 0 Å². The number of H-pyrrole nitrogens is 2. The maximum Gasteiger partial charge on any atom is 0.355 e. The second kappa shape index (κ2) is 10.5. The summed E-state index contributed by atoms with van der Waals surface area (Å²) in [6, 6.07) is 19.2. The summed E-state index contributed by atoms with van der Waals surface area (Å²) >= 11 is 0. The van der Waals surface area contributed by atoms with Crippen molar-refractivity contribution in [2.75, 3.05) is 0 Å². The molecule has 0 aliphatic carbocycles. The highest BCUT2D eigenvalue weighted by Crippen LogP contribution is 2.27. The van der Waals surface area contributed by atoms with Crippen LogP contribution in [0.2, 0.25) is 0 Å². The molecule has 6 heteroatoms. The van der Waals surface area contributed by atoms with Crippen LogP contribution in [0.4, 0.5) is 0 Å². The van der Waals surface area contributed by atoms with Crippen LogP contribution in [0, 0.1) is 27.7 Å². The van der Waals surface area contributed by atoms with Crippen LogP contribution in [0.3, 0.4) is 0 Å². The number of rotatable bonds is 8. The van der Waals surface area contributed by atoms with Crippen LogP contribution in [0.15, 0.2) is 60.7 Å². The molecule has 0 aliphatic heterocycles. The fraction of sp³-hybridized carbons (Fsp3) is 0.241. The highest BCUT2D eigenvalue weighted by molar-refractivity contribution is 5.91. The van der Waals surface area contributed by atoms with Gasteiger partial charge >= 0.3 is 11.9 Å². The van der Waals surface area contributed by atoms with E-state index >= 15 is 0 Å². The number of hydrogen-bond donors (Lipinski definition) is 2. The van der Waals surface area contributed by atoms with Crippen molar-refractivity contribution < 1.29 is 19.1 Å². The van der Waals surface area contributed by atoms with E-state index in [-0.39, 0.29) is 25.2 Å². The Morgan fingerprint density at radius 1 is 0.629 bits per heavy atom. The molecule has 0 spiro atoms. The van der Waals surface area contributed by atoms with Crippen molar-refractivity contribution in [1.82, 2.24) is 9.97 Å². The standard InChI is InChI=1S/C29H30N2O4/c1-18-24(20(3)30-26(18)28(32)34-16-22-11-7-5-8-12-22)15-25-19(2)27(31-21(25)4)29(33)35-17-23-13-9-6-10-14-23/h5-14,30-31H,15-17H2,1-4H3. The number of benzene rings is 2. The average molecular weight is 471 g/mol. The van der Waals surface area contributed by atoms with Gasteiger partial charge in [-0.3, -0.25) is 0 Å². The summed E-state index contributed by atoms with van der Waals surface area (Å²) in [5.74, 6) is -0.762. The van der Waals surface area contributed by atoms with Gasteiger partial charge in [0.25, 0.3) is 0 Å². The van der Waals surface area contributed by atoms with Crippen molar-refractivity contribution in [3.63, 3.8) is 0 Å². The third-order valence-electron chi connectivity index (χ3n) is 6.37. The van der Waals surface area contributed by atoms with Gasteiger partial charge in [0, 0.05) is 17.8 Å². The molecule has 0 radical (unpaired) electrons. The third kappa shape index (κ3) is 5.38. The molecule has 4 rings (SSSR count). The summed E-state index contributed by atoms with van der Waals surface area (Å²) in [7, 11) is 0. The predicted molar refractivity (Wildman–Crippen MR) is 134 cm³/mol. The van der Waals surface area contributed by atoms with Gasteiger partial charge in [0.1, 0.15) is 24.6 Å². The summed E-state index contributed by atoms with van der Waals surface area (Å²) < 4.78 is 11.0. The van der Waals surface area contributed by atoms with E-state index in [2.05, 4.69) is 9.97 Å². The van der Waals surface area contributed by atoms with Crippen LogP contribution >= 0.6 is 0 Å². The summed E-state index contributed by atoms with van der Waals surface area (Å²) in [6.07, 6.45) is 0.584. The molecule has 0 aliphatic rings. The summed E-state index contributed by atoms with van der Waals surface area (Å²) in [5, 5.41) is 0. The molecule has 0 fully saturated rings. The molecule has 2 aromatic carbocycles. The Kier molecular flexibility index (Phi) is 7.20. The Labute approximate surface area is 205 Å². The lowest BCUT2D eigenvalue weighted by atomic mass is 9.98. The molecule has 2 N–H and O–H groups in total. The van der Waals surface area contributed by atoms with Gasteiger partial charge in [0.05, 0.1) is 0 Å². The number of aryl methyl sites for hydroxylation is 2. The van der Waals surface area contributed by atoms with Crippen molar-refractivity contribution in [1.29, 1.82) is 0 Å². The molecule has 35 heavy (non-hydrogen) atoms. The molecule has 0 bridgehead atoms. The number of nitrogens with one attached hydrogen (secondary N) is 2. The first-order valence-electron chi connectivity index (χ1n) is 11.6. The second-order valence-corrected chi connectivity index (χ2v) is 8.76. The number of carbonyl (C=O) groups excluding carboxylic acids is 2. The number of aromatic nitrogens is 2. The smallest absolute Gasteiger partial charge is 0.355 e. The number of ether oxygens (including phenoxy) is 2. The first-order valence-corrected chi connectivity index (χ1v) is 11.6. The fourth-order valence-electron chi connectivity index (χ4n) is 4.28. The summed E-state index contributed by atoms with van der Waals surface area (Å²) in [6.45, 7) is 8.17. The maximum atomic E-state index is 12.8. The van der Waals surface area contributed by atoms with Gasteiger partial charge in [-0.1, -0.05) is 60.7 Å². The van der Waals surface area contributed by atoms with E-state index in [4.69, 9.17) is 9.47 Å². The Balaban J connectivity index is 1.48. The van der Waals surface area contributed by atoms with E-state index in [9.17, 15) is 9.59 Å². The van der Waals surface area contributed by atoms with Crippen molar-refractivity contribution >= 4 is 11.9 Å². The number of esters is 2. The predicted octanol–water partition coefficient (Wildman–Crippen LogP) is 5.88. The third-order valence-corrected chi connectivity index (χ3v) is 6.37. The minimum atomic E-state index is -0.381. The van der Waals surface area contributed by atoms with Crippen LogP contribution in [-0.4, -0.2) is 21.9 Å². The zero-order valence-electron chi connectivity index (χ0n) is 20.5. The van der Waals surface area contributed by atoms with Gasteiger partial charge in [-0.05, 0) is 61.1 Å².